The van der Waals surface area contributed by atoms with Crippen LogP contribution < -0.4 is 61.6 Å². The van der Waals surface area contributed by atoms with Gasteiger partial charge in [0, 0.05) is 0 Å². The van der Waals surface area contributed by atoms with Crippen molar-refractivity contribution in [2.45, 2.75) is 0 Å². The van der Waals surface area contributed by atoms with Crippen molar-refractivity contribution in [3.8, 4) is 0 Å². The van der Waals surface area contributed by atoms with E-state index < -0.39 is 11.9 Å². The van der Waals surface area contributed by atoms with Crippen LogP contribution in [0.2, 0.25) is 0 Å². The average molecular weight is 175 g/mol. The van der Waals surface area contributed by atoms with Crippen molar-refractivity contribution in [2.75, 3.05) is 0 Å². The third kappa shape index (κ3) is 10.3. The van der Waals surface area contributed by atoms with Gasteiger partial charge in [0.2, 0.25) is 0 Å². The van der Waals surface area contributed by atoms with Gasteiger partial charge in [0.05, 0.1) is 11.9 Å². The molecule has 0 aliphatic carbocycles. The van der Waals surface area contributed by atoms with Crippen molar-refractivity contribution in [1.29, 1.82) is 0 Å². The van der Waals surface area contributed by atoms with Gasteiger partial charge in [-0.3, -0.25) is 0 Å². The second-order valence-electron chi connectivity index (χ2n) is 0.575. The van der Waals surface area contributed by atoms with Gasteiger partial charge in [0.25, 0.3) is 0 Å². The molecule has 36 valence electrons. The van der Waals surface area contributed by atoms with Crippen LogP contribution in [-0.4, -0.2) is 11.9 Å². The van der Waals surface area contributed by atoms with Gasteiger partial charge in [-0.1, -0.05) is 0 Å². The molecule has 0 aromatic rings. The van der Waals surface area contributed by atoms with Crippen LogP contribution in [-0.2, 0) is 31.3 Å². The van der Waals surface area contributed by atoms with E-state index >= 15 is 0 Å². The molecule has 0 aliphatic heterocycles. The fraction of sp³-hybridized carbons (Fsp3) is 0. The molecule has 0 amide bonds. The fourth-order valence-corrected chi connectivity index (χ4v) is 0. The summed E-state index contributed by atoms with van der Waals surface area (Å²) in [5, 5.41) is 17.9. The molecular weight excluding hydrogens is 175 g/mol. The molecule has 0 unspecified atom stereocenters. The summed E-state index contributed by atoms with van der Waals surface area (Å²) in [5.74, 6) is -4.37. The van der Waals surface area contributed by atoms with E-state index in [-0.39, 0.29) is 73.1 Å². The summed E-state index contributed by atoms with van der Waals surface area (Å²) in [5.41, 5.74) is 0. The van der Waals surface area contributed by atoms with E-state index in [0.717, 1.165) is 0 Å². The standard InChI is InChI=1S/C2H2O4.K.Ti/c3-1(4)2(5)6;;/h(H,3,4)(H,5,6);;/q;+1;+2/p-2. The van der Waals surface area contributed by atoms with Gasteiger partial charge in [-0.2, -0.15) is 0 Å². The minimum absolute atomic E-state index is 0. The Morgan fingerprint density at radius 1 is 1.00 bits per heavy atom. The summed E-state index contributed by atoms with van der Waals surface area (Å²) in [4.78, 5) is 17.9. The fourth-order valence-electron chi connectivity index (χ4n) is 0. The minimum Gasteiger partial charge on any atom is -0.543 e. The molecule has 0 saturated carbocycles. The van der Waals surface area contributed by atoms with Crippen LogP contribution in [0, 0.1) is 0 Å². The molecule has 0 spiro atoms. The second kappa shape index (κ2) is 8.29. The van der Waals surface area contributed by atoms with E-state index in [1.165, 1.54) is 0 Å². The first kappa shape index (κ1) is 16.1. The Labute approximate surface area is 103 Å². The number of carbonyl (C=O) groups is 2. The SMILES string of the molecule is O=C([O-])C(=O)[O-].[K+].[Ti+2]. The summed E-state index contributed by atoms with van der Waals surface area (Å²) < 4.78 is 0. The maximum atomic E-state index is 8.93. The third-order valence-electron chi connectivity index (χ3n) is 0.167. The Hall–Kier alpha value is 1.29. The molecule has 0 heterocycles. The van der Waals surface area contributed by atoms with E-state index in [4.69, 9.17) is 19.8 Å². The van der Waals surface area contributed by atoms with Crippen molar-refractivity contribution in [3.05, 3.63) is 0 Å². The van der Waals surface area contributed by atoms with Crippen LogP contribution in [0.15, 0.2) is 0 Å². The molecule has 0 aromatic heterocycles. The Kier molecular flexibility index (Phi) is 16.7. The van der Waals surface area contributed by atoms with Crippen molar-refractivity contribution in [3.63, 3.8) is 0 Å². The van der Waals surface area contributed by atoms with E-state index in [2.05, 4.69) is 0 Å². The molecule has 0 N–H and O–H groups in total. The Bertz CT molecular complexity index is 80.0. The zero-order valence-corrected chi connectivity index (χ0v) is 8.82. The largest absolute Gasteiger partial charge is 2.00 e. The van der Waals surface area contributed by atoms with Gasteiger partial charge in [-0.05, 0) is 0 Å². The maximum Gasteiger partial charge on any atom is 2.00 e. The first-order chi connectivity index (χ1) is 2.64. The number of aliphatic carboxylic acids is 2. The topological polar surface area (TPSA) is 80.3 Å². The van der Waals surface area contributed by atoms with E-state index in [0.29, 0.717) is 0 Å². The number of carboxylic acids is 2. The second-order valence-corrected chi connectivity index (χ2v) is 0.575. The van der Waals surface area contributed by atoms with E-state index in [1.54, 1.807) is 0 Å². The van der Waals surface area contributed by atoms with Crippen molar-refractivity contribution < 1.29 is 92.9 Å². The number of hydrogen-bond donors (Lipinski definition) is 0. The number of hydrogen-bond acceptors (Lipinski definition) is 4. The normalized spacial score (nSPS) is 5.50. The predicted molar refractivity (Wildman–Crippen MR) is 10.0 cm³/mol. The number of carbonyl (C=O) groups excluding carboxylic acids is 2. The van der Waals surface area contributed by atoms with Crippen LogP contribution in [0.25, 0.3) is 0 Å². The molecular formula is C2KO4Ti+. The monoisotopic (exact) mass is 175 g/mol. The smallest absolute Gasteiger partial charge is 0.543 e. The molecule has 8 heavy (non-hydrogen) atoms. The predicted octanol–water partition coefficient (Wildman–Crippen LogP) is -6.51. The molecule has 0 rings (SSSR count). The van der Waals surface area contributed by atoms with E-state index in [9.17, 15) is 0 Å². The van der Waals surface area contributed by atoms with Crippen molar-refractivity contribution >= 4 is 11.9 Å². The Morgan fingerprint density at radius 2 is 1.12 bits per heavy atom. The van der Waals surface area contributed by atoms with Crippen LogP contribution in [0.3, 0.4) is 0 Å². The zero-order chi connectivity index (χ0) is 5.15. The minimum atomic E-state index is -2.19. The molecule has 0 radical (unpaired) electrons. The molecule has 0 atom stereocenters. The molecule has 0 aliphatic rings. The summed E-state index contributed by atoms with van der Waals surface area (Å²) in [6.07, 6.45) is 0. The molecule has 4 nitrogen and oxygen atoms in total. The van der Waals surface area contributed by atoms with Gasteiger partial charge >= 0.3 is 73.1 Å². The van der Waals surface area contributed by atoms with Crippen molar-refractivity contribution in [2.24, 2.45) is 0 Å². The van der Waals surface area contributed by atoms with E-state index in [1.807, 2.05) is 0 Å². The zero-order valence-electron chi connectivity index (χ0n) is 4.13. The van der Waals surface area contributed by atoms with Gasteiger partial charge < -0.3 is 19.8 Å². The molecule has 0 bridgehead atoms. The quantitative estimate of drug-likeness (QED) is 0.271. The number of rotatable bonds is 0. The van der Waals surface area contributed by atoms with Gasteiger partial charge in [0.15, 0.2) is 0 Å². The molecule has 6 heteroatoms. The third-order valence-corrected chi connectivity index (χ3v) is 0.167. The van der Waals surface area contributed by atoms with Gasteiger partial charge in [0.1, 0.15) is 0 Å². The van der Waals surface area contributed by atoms with Crippen LogP contribution >= 0.6 is 0 Å². The summed E-state index contributed by atoms with van der Waals surface area (Å²) in [6.45, 7) is 0. The first-order valence-electron chi connectivity index (χ1n) is 1.07. The summed E-state index contributed by atoms with van der Waals surface area (Å²) >= 11 is 0. The number of carboxylic acid groups (broad SMARTS) is 2. The van der Waals surface area contributed by atoms with Crippen LogP contribution in [0.5, 0.6) is 0 Å². The average Bonchev–Trinajstić information content (AvgIpc) is 1.36. The molecule has 0 saturated heterocycles. The van der Waals surface area contributed by atoms with Gasteiger partial charge in [-0.25, -0.2) is 0 Å². The first-order valence-corrected chi connectivity index (χ1v) is 1.07. The Balaban J connectivity index is -0.000000125. The molecule has 0 fully saturated rings. The van der Waals surface area contributed by atoms with Crippen molar-refractivity contribution in [1.82, 2.24) is 0 Å². The van der Waals surface area contributed by atoms with Gasteiger partial charge in [-0.15, -0.1) is 0 Å². The van der Waals surface area contributed by atoms with Crippen LogP contribution in [0.1, 0.15) is 0 Å². The Morgan fingerprint density at radius 3 is 1.12 bits per heavy atom. The molecule has 0 aromatic carbocycles. The summed E-state index contributed by atoms with van der Waals surface area (Å²) in [7, 11) is 0. The maximum absolute atomic E-state index is 8.93. The van der Waals surface area contributed by atoms with Crippen LogP contribution in [0.4, 0.5) is 0 Å². The summed E-state index contributed by atoms with van der Waals surface area (Å²) in [6, 6.07) is 0.